The third-order valence-electron chi connectivity index (χ3n) is 3.42. The summed E-state index contributed by atoms with van der Waals surface area (Å²) in [5, 5.41) is 7.59. The van der Waals surface area contributed by atoms with Gasteiger partial charge in [0.1, 0.15) is 5.69 Å². The molecule has 1 fully saturated rings. The Balaban J connectivity index is 1.70. The lowest BCUT2D eigenvalue weighted by Crippen LogP contribution is -2.30. The highest BCUT2D eigenvalue weighted by molar-refractivity contribution is 5.40. The van der Waals surface area contributed by atoms with Gasteiger partial charge in [-0.1, -0.05) is 0 Å². The van der Waals surface area contributed by atoms with Crippen molar-refractivity contribution in [3.8, 4) is 11.6 Å². The SMILES string of the molecule is c1cnc(OCC2CCNCC2)c(-n2cccn2)c1. The van der Waals surface area contributed by atoms with Crippen LogP contribution in [-0.2, 0) is 0 Å². The third kappa shape index (κ3) is 2.93. The first-order valence-electron chi connectivity index (χ1n) is 6.72. The van der Waals surface area contributed by atoms with Gasteiger partial charge in [0.05, 0.1) is 6.61 Å². The molecule has 3 rings (SSSR count). The predicted molar refractivity (Wildman–Crippen MR) is 72.4 cm³/mol. The van der Waals surface area contributed by atoms with Crippen molar-refractivity contribution in [3.63, 3.8) is 0 Å². The van der Waals surface area contributed by atoms with Crippen LogP contribution in [0.15, 0.2) is 36.8 Å². The van der Waals surface area contributed by atoms with Gasteiger partial charge in [-0.25, -0.2) is 9.67 Å². The maximum absolute atomic E-state index is 5.90. The Morgan fingerprint density at radius 2 is 2.16 bits per heavy atom. The molecule has 3 heterocycles. The minimum atomic E-state index is 0.619. The topological polar surface area (TPSA) is 52.0 Å². The highest BCUT2D eigenvalue weighted by Gasteiger charge is 2.15. The molecule has 0 radical (unpaired) electrons. The van der Waals surface area contributed by atoms with E-state index in [1.54, 1.807) is 17.1 Å². The molecule has 0 aromatic carbocycles. The van der Waals surface area contributed by atoms with Gasteiger partial charge in [-0.15, -0.1) is 0 Å². The lowest BCUT2D eigenvalue weighted by atomic mass is 9.99. The van der Waals surface area contributed by atoms with Gasteiger partial charge < -0.3 is 10.1 Å². The fraction of sp³-hybridized carbons (Fsp3) is 0.429. The van der Waals surface area contributed by atoms with E-state index in [0.717, 1.165) is 25.4 Å². The fourth-order valence-electron chi connectivity index (χ4n) is 2.32. The first kappa shape index (κ1) is 12.2. The fourth-order valence-corrected chi connectivity index (χ4v) is 2.32. The molecule has 0 aliphatic carbocycles. The Morgan fingerprint density at radius 3 is 2.95 bits per heavy atom. The van der Waals surface area contributed by atoms with Crippen LogP contribution in [-0.4, -0.2) is 34.5 Å². The Hall–Kier alpha value is -1.88. The lowest BCUT2D eigenvalue weighted by Gasteiger charge is -2.22. The summed E-state index contributed by atoms with van der Waals surface area (Å²) in [6, 6.07) is 5.76. The summed E-state index contributed by atoms with van der Waals surface area (Å²) in [6.45, 7) is 2.90. The Labute approximate surface area is 112 Å². The van der Waals surface area contributed by atoms with Gasteiger partial charge >= 0.3 is 0 Å². The Kier molecular flexibility index (Phi) is 3.74. The number of nitrogens with one attached hydrogen (secondary N) is 1. The van der Waals surface area contributed by atoms with Gasteiger partial charge in [-0.3, -0.25) is 0 Å². The maximum Gasteiger partial charge on any atom is 0.239 e. The predicted octanol–water partition coefficient (Wildman–Crippen LogP) is 1.65. The van der Waals surface area contributed by atoms with E-state index in [-0.39, 0.29) is 0 Å². The van der Waals surface area contributed by atoms with Crippen LogP contribution in [0.4, 0.5) is 0 Å². The van der Waals surface area contributed by atoms with E-state index in [9.17, 15) is 0 Å². The molecule has 0 atom stereocenters. The van der Waals surface area contributed by atoms with Gasteiger partial charge in [-0.05, 0) is 50.0 Å². The molecule has 100 valence electrons. The molecular formula is C14H18N4O. The van der Waals surface area contributed by atoms with Gasteiger partial charge in [0.25, 0.3) is 0 Å². The molecule has 0 unspecified atom stereocenters. The maximum atomic E-state index is 5.90. The molecule has 0 amide bonds. The van der Waals surface area contributed by atoms with Crippen molar-refractivity contribution in [2.45, 2.75) is 12.8 Å². The summed E-state index contributed by atoms with van der Waals surface area (Å²) in [5.41, 5.74) is 0.890. The van der Waals surface area contributed by atoms with Gasteiger partial charge in [0, 0.05) is 18.6 Å². The number of nitrogens with zero attached hydrogens (tertiary/aromatic N) is 3. The zero-order chi connectivity index (χ0) is 12.9. The van der Waals surface area contributed by atoms with Crippen molar-refractivity contribution in [3.05, 3.63) is 36.8 Å². The molecule has 2 aromatic heterocycles. The minimum absolute atomic E-state index is 0.619. The largest absolute Gasteiger partial charge is 0.476 e. The van der Waals surface area contributed by atoms with Crippen molar-refractivity contribution in [1.82, 2.24) is 20.1 Å². The first-order chi connectivity index (χ1) is 9.43. The summed E-state index contributed by atoms with van der Waals surface area (Å²) in [7, 11) is 0. The molecule has 1 aliphatic rings. The second-order valence-electron chi connectivity index (χ2n) is 4.78. The van der Waals surface area contributed by atoms with Crippen molar-refractivity contribution >= 4 is 0 Å². The first-order valence-corrected chi connectivity index (χ1v) is 6.72. The van der Waals surface area contributed by atoms with E-state index < -0.39 is 0 Å². The number of hydrogen-bond donors (Lipinski definition) is 1. The summed E-state index contributed by atoms with van der Waals surface area (Å²) in [5.74, 6) is 1.28. The van der Waals surface area contributed by atoms with Crippen LogP contribution >= 0.6 is 0 Å². The molecule has 0 bridgehead atoms. The van der Waals surface area contributed by atoms with Crippen molar-refractivity contribution in [2.75, 3.05) is 19.7 Å². The number of rotatable bonds is 4. The van der Waals surface area contributed by atoms with Gasteiger partial charge in [0.15, 0.2) is 0 Å². The average Bonchev–Trinajstić information content (AvgIpc) is 3.01. The zero-order valence-electron chi connectivity index (χ0n) is 10.8. The number of aromatic nitrogens is 3. The minimum Gasteiger partial charge on any atom is -0.476 e. The molecule has 5 heteroatoms. The number of piperidine rings is 1. The number of ether oxygens (including phenoxy) is 1. The van der Waals surface area contributed by atoms with Crippen LogP contribution in [0.1, 0.15) is 12.8 Å². The van der Waals surface area contributed by atoms with Gasteiger partial charge in [0.2, 0.25) is 5.88 Å². The zero-order valence-corrected chi connectivity index (χ0v) is 10.8. The monoisotopic (exact) mass is 258 g/mol. The smallest absolute Gasteiger partial charge is 0.239 e. The van der Waals surface area contributed by atoms with E-state index in [1.807, 2.05) is 24.4 Å². The van der Waals surface area contributed by atoms with E-state index in [1.165, 1.54) is 12.8 Å². The van der Waals surface area contributed by atoms with E-state index in [4.69, 9.17) is 4.74 Å². The normalized spacial score (nSPS) is 16.4. The summed E-state index contributed by atoms with van der Waals surface area (Å²) in [4.78, 5) is 4.32. The molecule has 5 nitrogen and oxygen atoms in total. The molecular weight excluding hydrogens is 240 g/mol. The van der Waals surface area contributed by atoms with Crippen LogP contribution in [0, 0.1) is 5.92 Å². The second kappa shape index (κ2) is 5.84. The van der Waals surface area contributed by atoms with E-state index >= 15 is 0 Å². The second-order valence-corrected chi connectivity index (χ2v) is 4.78. The van der Waals surface area contributed by atoms with E-state index in [2.05, 4.69) is 15.4 Å². The Bertz CT molecular complexity index is 506. The molecule has 0 saturated carbocycles. The standard InChI is InChI=1S/C14H18N4O/c1-3-13(18-10-2-7-17-18)14(16-6-1)19-11-12-4-8-15-9-5-12/h1-3,6-7,10,12,15H,4-5,8-9,11H2. The molecule has 19 heavy (non-hydrogen) atoms. The van der Waals surface area contributed by atoms with Crippen molar-refractivity contribution in [1.29, 1.82) is 0 Å². The summed E-state index contributed by atoms with van der Waals surface area (Å²) >= 11 is 0. The summed E-state index contributed by atoms with van der Waals surface area (Å²) in [6.07, 6.45) is 7.75. The highest BCUT2D eigenvalue weighted by atomic mass is 16.5. The van der Waals surface area contributed by atoms with Crippen LogP contribution in [0.5, 0.6) is 5.88 Å². The van der Waals surface area contributed by atoms with Crippen LogP contribution in [0.2, 0.25) is 0 Å². The van der Waals surface area contributed by atoms with E-state index in [0.29, 0.717) is 11.8 Å². The molecule has 1 aliphatic heterocycles. The molecule has 1 saturated heterocycles. The molecule has 1 N–H and O–H groups in total. The lowest BCUT2D eigenvalue weighted by molar-refractivity contribution is 0.208. The quantitative estimate of drug-likeness (QED) is 0.906. The van der Waals surface area contributed by atoms with Crippen LogP contribution in [0.3, 0.4) is 0 Å². The number of pyridine rings is 1. The van der Waals surface area contributed by atoms with Crippen molar-refractivity contribution in [2.24, 2.45) is 5.92 Å². The molecule has 2 aromatic rings. The third-order valence-corrected chi connectivity index (χ3v) is 3.42. The van der Waals surface area contributed by atoms with Crippen LogP contribution < -0.4 is 10.1 Å². The highest BCUT2D eigenvalue weighted by Crippen LogP contribution is 2.20. The average molecular weight is 258 g/mol. The molecule has 0 spiro atoms. The Morgan fingerprint density at radius 1 is 1.26 bits per heavy atom. The van der Waals surface area contributed by atoms with Crippen LogP contribution in [0.25, 0.3) is 5.69 Å². The van der Waals surface area contributed by atoms with Crippen molar-refractivity contribution < 1.29 is 4.74 Å². The van der Waals surface area contributed by atoms with Gasteiger partial charge in [-0.2, -0.15) is 5.10 Å². The number of hydrogen-bond acceptors (Lipinski definition) is 4. The summed E-state index contributed by atoms with van der Waals surface area (Å²) < 4.78 is 7.68.